The number of thiophene rings is 1. The summed E-state index contributed by atoms with van der Waals surface area (Å²) in [6, 6.07) is 6.82. The SMILES string of the molecule is O=Cc1cc2c(s1)-c1cc(F)ccc1CC2. The van der Waals surface area contributed by atoms with Crippen molar-refractivity contribution in [3.8, 4) is 10.4 Å². The monoisotopic (exact) mass is 232 g/mol. The summed E-state index contributed by atoms with van der Waals surface area (Å²) in [7, 11) is 0. The first-order valence-electron chi connectivity index (χ1n) is 5.14. The molecule has 0 radical (unpaired) electrons. The van der Waals surface area contributed by atoms with Crippen molar-refractivity contribution >= 4 is 17.6 Å². The van der Waals surface area contributed by atoms with Crippen LogP contribution in [0.1, 0.15) is 20.8 Å². The van der Waals surface area contributed by atoms with Crippen LogP contribution in [0.25, 0.3) is 10.4 Å². The minimum atomic E-state index is -0.215. The zero-order valence-electron chi connectivity index (χ0n) is 8.50. The first-order valence-corrected chi connectivity index (χ1v) is 5.96. The van der Waals surface area contributed by atoms with E-state index in [4.69, 9.17) is 0 Å². The second-order valence-corrected chi connectivity index (χ2v) is 5.01. The van der Waals surface area contributed by atoms with Gasteiger partial charge >= 0.3 is 0 Å². The second-order valence-electron chi connectivity index (χ2n) is 3.92. The van der Waals surface area contributed by atoms with Gasteiger partial charge in [-0.2, -0.15) is 0 Å². The summed E-state index contributed by atoms with van der Waals surface area (Å²) < 4.78 is 13.2. The van der Waals surface area contributed by atoms with E-state index in [1.54, 1.807) is 6.07 Å². The van der Waals surface area contributed by atoms with Gasteiger partial charge in [-0.15, -0.1) is 11.3 Å². The first kappa shape index (κ1) is 9.73. The first-order chi connectivity index (χ1) is 7.78. The van der Waals surface area contributed by atoms with Crippen LogP contribution in [0.3, 0.4) is 0 Å². The summed E-state index contributed by atoms with van der Waals surface area (Å²) in [6.07, 6.45) is 2.73. The summed E-state index contributed by atoms with van der Waals surface area (Å²) in [4.78, 5) is 12.5. The average Bonchev–Trinajstić information content (AvgIpc) is 2.72. The maximum absolute atomic E-state index is 13.2. The van der Waals surface area contributed by atoms with Crippen molar-refractivity contribution in [2.45, 2.75) is 12.8 Å². The molecule has 16 heavy (non-hydrogen) atoms. The van der Waals surface area contributed by atoms with E-state index in [1.807, 2.05) is 12.1 Å². The van der Waals surface area contributed by atoms with Crippen molar-refractivity contribution in [1.82, 2.24) is 0 Å². The highest BCUT2D eigenvalue weighted by Gasteiger charge is 2.19. The van der Waals surface area contributed by atoms with Gasteiger partial charge in [0.05, 0.1) is 4.88 Å². The predicted octanol–water partition coefficient (Wildman–Crippen LogP) is 3.47. The summed E-state index contributed by atoms with van der Waals surface area (Å²) in [5, 5.41) is 0. The van der Waals surface area contributed by atoms with Crippen molar-refractivity contribution in [2.75, 3.05) is 0 Å². The highest BCUT2D eigenvalue weighted by molar-refractivity contribution is 7.17. The molecular formula is C13H9FOS. The third kappa shape index (κ3) is 1.39. The Bertz CT molecular complexity index is 571. The molecule has 0 N–H and O–H groups in total. The Morgan fingerprint density at radius 1 is 1.19 bits per heavy atom. The fourth-order valence-electron chi connectivity index (χ4n) is 2.17. The molecule has 0 saturated carbocycles. The summed E-state index contributed by atoms with van der Waals surface area (Å²) >= 11 is 1.45. The molecule has 0 bridgehead atoms. The van der Waals surface area contributed by atoms with E-state index in [0.717, 1.165) is 34.4 Å². The Balaban J connectivity index is 2.24. The van der Waals surface area contributed by atoms with Crippen LogP contribution in [0.15, 0.2) is 24.3 Å². The Morgan fingerprint density at radius 3 is 2.81 bits per heavy atom. The molecule has 3 rings (SSSR count). The molecule has 0 saturated heterocycles. The largest absolute Gasteiger partial charge is 0.297 e. The normalized spacial score (nSPS) is 13.1. The number of fused-ring (bicyclic) bond motifs is 3. The maximum Gasteiger partial charge on any atom is 0.160 e. The minimum Gasteiger partial charge on any atom is -0.297 e. The van der Waals surface area contributed by atoms with Gasteiger partial charge in [0.1, 0.15) is 5.82 Å². The van der Waals surface area contributed by atoms with Crippen LogP contribution in [0.4, 0.5) is 4.39 Å². The Labute approximate surface area is 96.5 Å². The number of carbonyl (C=O) groups is 1. The van der Waals surface area contributed by atoms with E-state index in [0.29, 0.717) is 0 Å². The molecule has 0 aliphatic heterocycles. The topological polar surface area (TPSA) is 17.1 Å². The lowest BCUT2D eigenvalue weighted by Crippen LogP contribution is -2.01. The molecule has 1 aromatic heterocycles. The second kappa shape index (κ2) is 3.52. The van der Waals surface area contributed by atoms with Crippen molar-refractivity contribution in [3.63, 3.8) is 0 Å². The van der Waals surface area contributed by atoms with E-state index < -0.39 is 0 Å². The van der Waals surface area contributed by atoms with Crippen molar-refractivity contribution in [3.05, 3.63) is 46.1 Å². The number of aryl methyl sites for hydroxylation is 2. The molecular weight excluding hydrogens is 223 g/mol. The average molecular weight is 232 g/mol. The van der Waals surface area contributed by atoms with Crippen molar-refractivity contribution in [2.24, 2.45) is 0 Å². The van der Waals surface area contributed by atoms with Gasteiger partial charge in [0.2, 0.25) is 0 Å². The fraction of sp³-hybridized carbons (Fsp3) is 0.154. The highest BCUT2D eigenvalue weighted by atomic mass is 32.1. The molecule has 1 aromatic carbocycles. The standard InChI is InChI=1S/C13H9FOS/c14-10-4-3-8-1-2-9-5-11(7-15)16-13(9)12(8)6-10/h3-7H,1-2H2. The van der Waals surface area contributed by atoms with Gasteiger partial charge in [-0.05, 0) is 47.7 Å². The van der Waals surface area contributed by atoms with E-state index in [1.165, 1.54) is 28.5 Å². The van der Waals surface area contributed by atoms with Crippen LogP contribution in [0, 0.1) is 5.82 Å². The Morgan fingerprint density at radius 2 is 2.00 bits per heavy atom. The van der Waals surface area contributed by atoms with Crippen LogP contribution >= 0.6 is 11.3 Å². The molecule has 1 heterocycles. The number of aldehydes is 1. The molecule has 3 heteroatoms. The van der Waals surface area contributed by atoms with Gasteiger partial charge in [-0.3, -0.25) is 4.79 Å². The molecule has 0 amide bonds. The van der Waals surface area contributed by atoms with E-state index in [9.17, 15) is 9.18 Å². The molecule has 80 valence electrons. The van der Waals surface area contributed by atoms with Crippen LogP contribution in [0.5, 0.6) is 0 Å². The quantitative estimate of drug-likeness (QED) is 0.688. The number of benzene rings is 1. The van der Waals surface area contributed by atoms with E-state index >= 15 is 0 Å². The number of halogens is 1. The Hall–Kier alpha value is -1.48. The molecule has 0 fully saturated rings. The molecule has 1 nitrogen and oxygen atoms in total. The summed E-state index contributed by atoms with van der Waals surface area (Å²) in [5.41, 5.74) is 3.30. The van der Waals surface area contributed by atoms with Gasteiger partial charge in [0, 0.05) is 4.88 Å². The smallest absolute Gasteiger partial charge is 0.160 e. The van der Waals surface area contributed by atoms with Gasteiger partial charge < -0.3 is 0 Å². The van der Waals surface area contributed by atoms with E-state index in [-0.39, 0.29) is 5.82 Å². The van der Waals surface area contributed by atoms with Crippen LogP contribution in [-0.2, 0) is 12.8 Å². The van der Waals surface area contributed by atoms with Crippen LogP contribution < -0.4 is 0 Å². The lowest BCUT2D eigenvalue weighted by Gasteiger charge is -2.15. The zero-order valence-corrected chi connectivity index (χ0v) is 9.31. The molecule has 2 aromatic rings. The summed E-state index contributed by atoms with van der Waals surface area (Å²) in [6.45, 7) is 0. The lowest BCUT2D eigenvalue weighted by molar-refractivity contribution is 0.112. The fourth-order valence-corrected chi connectivity index (χ4v) is 3.25. The summed E-state index contributed by atoms with van der Waals surface area (Å²) in [5.74, 6) is -0.215. The van der Waals surface area contributed by atoms with Crippen LogP contribution in [0.2, 0.25) is 0 Å². The lowest BCUT2D eigenvalue weighted by atomic mass is 9.91. The minimum absolute atomic E-state index is 0.215. The van der Waals surface area contributed by atoms with Gasteiger partial charge in [0.15, 0.2) is 6.29 Å². The number of hydrogen-bond donors (Lipinski definition) is 0. The predicted molar refractivity (Wildman–Crippen MR) is 62.5 cm³/mol. The zero-order chi connectivity index (χ0) is 11.1. The molecule has 1 aliphatic rings. The molecule has 0 atom stereocenters. The van der Waals surface area contributed by atoms with E-state index in [2.05, 4.69) is 0 Å². The highest BCUT2D eigenvalue weighted by Crippen LogP contribution is 2.39. The third-order valence-electron chi connectivity index (χ3n) is 2.92. The van der Waals surface area contributed by atoms with Gasteiger partial charge in [0.25, 0.3) is 0 Å². The number of hydrogen-bond acceptors (Lipinski definition) is 2. The number of rotatable bonds is 1. The molecule has 0 spiro atoms. The van der Waals surface area contributed by atoms with Gasteiger partial charge in [-0.1, -0.05) is 6.07 Å². The molecule has 0 unspecified atom stereocenters. The third-order valence-corrected chi connectivity index (χ3v) is 4.06. The maximum atomic E-state index is 13.2. The Kier molecular flexibility index (Phi) is 2.14. The van der Waals surface area contributed by atoms with Crippen LogP contribution in [-0.4, -0.2) is 6.29 Å². The van der Waals surface area contributed by atoms with Crippen molar-refractivity contribution < 1.29 is 9.18 Å². The number of carbonyl (C=O) groups excluding carboxylic acids is 1. The molecule has 1 aliphatic carbocycles. The van der Waals surface area contributed by atoms with Crippen molar-refractivity contribution in [1.29, 1.82) is 0 Å². The van der Waals surface area contributed by atoms with Gasteiger partial charge in [-0.25, -0.2) is 4.39 Å².